The van der Waals surface area contributed by atoms with Crippen LogP contribution in [-0.2, 0) is 4.74 Å². The maximum atomic E-state index is 5.14. The number of anilines is 2. The minimum absolute atomic E-state index is 0.283. The summed E-state index contributed by atoms with van der Waals surface area (Å²) in [6.45, 7) is 4.95. The molecule has 0 aliphatic carbocycles. The summed E-state index contributed by atoms with van der Waals surface area (Å²) < 4.78 is 5.14. The molecule has 20 heavy (non-hydrogen) atoms. The summed E-state index contributed by atoms with van der Waals surface area (Å²) in [7, 11) is 8.07. The zero-order chi connectivity index (χ0) is 15.0. The average molecular weight is 278 g/mol. The van der Waals surface area contributed by atoms with E-state index in [0.29, 0.717) is 6.61 Å². The van der Waals surface area contributed by atoms with Gasteiger partial charge >= 0.3 is 0 Å². The molecule has 4 nitrogen and oxygen atoms in total. The maximum Gasteiger partial charge on any atom is 0.0661 e. The molecule has 0 saturated carbocycles. The molecule has 1 N–H and O–H groups in total. The number of ether oxygens (including phenoxy) is 1. The molecule has 4 heteroatoms. The lowest BCUT2D eigenvalue weighted by Crippen LogP contribution is -2.24. The highest BCUT2D eigenvalue weighted by molar-refractivity contribution is 5.57. The third-order valence-electron chi connectivity index (χ3n) is 3.14. The number of nitrogens with one attached hydrogen (secondary N) is 1. The number of hydrogen-bond donors (Lipinski definition) is 1. The maximum absolute atomic E-state index is 5.14. The van der Waals surface area contributed by atoms with Crippen molar-refractivity contribution < 1.29 is 4.74 Å². The van der Waals surface area contributed by atoms with Gasteiger partial charge < -0.3 is 19.9 Å². The van der Waals surface area contributed by atoms with Crippen LogP contribution in [0.1, 0.15) is 13.3 Å². The van der Waals surface area contributed by atoms with Crippen LogP contribution < -0.4 is 10.2 Å². The van der Waals surface area contributed by atoms with Crippen LogP contribution in [0.4, 0.5) is 11.4 Å². The van der Waals surface area contributed by atoms with Crippen LogP contribution in [0, 0.1) is 6.07 Å². The van der Waals surface area contributed by atoms with E-state index in [0.717, 1.165) is 25.2 Å². The number of nitrogens with zero attached hydrogens (tertiary/aromatic N) is 2. The summed E-state index contributed by atoms with van der Waals surface area (Å²) in [5.41, 5.74) is 2.24. The fourth-order valence-electron chi connectivity index (χ4n) is 2.09. The van der Waals surface area contributed by atoms with Crippen LogP contribution in [0.2, 0.25) is 0 Å². The van der Waals surface area contributed by atoms with Crippen molar-refractivity contribution >= 4 is 11.4 Å². The third-order valence-corrected chi connectivity index (χ3v) is 3.14. The highest BCUT2D eigenvalue weighted by Gasteiger charge is 2.05. The minimum Gasteiger partial charge on any atom is -0.383 e. The van der Waals surface area contributed by atoms with Crippen molar-refractivity contribution in [2.24, 2.45) is 0 Å². The first-order valence-electron chi connectivity index (χ1n) is 7.16. The second-order valence-electron chi connectivity index (χ2n) is 5.54. The van der Waals surface area contributed by atoms with Crippen LogP contribution in [-0.4, -0.2) is 58.9 Å². The fourth-order valence-corrected chi connectivity index (χ4v) is 2.09. The molecule has 0 saturated heterocycles. The zero-order valence-electron chi connectivity index (χ0n) is 13.4. The van der Waals surface area contributed by atoms with E-state index in [4.69, 9.17) is 4.74 Å². The van der Waals surface area contributed by atoms with Gasteiger partial charge in [0.15, 0.2) is 0 Å². The lowest BCUT2D eigenvalue weighted by atomic mass is 10.2. The van der Waals surface area contributed by atoms with E-state index in [9.17, 15) is 0 Å². The molecule has 1 aromatic rings. The van der Waals surface area contributed by atoms with Crippen molar-refractivity contribution in [1.29, 1.82) is 0 Å². The standard InChI is InChI=1S/C16H28N3O/c1-14(13-20-5)17-15-8-6-9-16(12-15)19(4)11-7-10-18(2)3/h6,9,12,14,17H,7,10-11,13H2,1-5H3. The van der Waals surface area contributed by atoms with Crippen molar-refractivity contribution in [3.8, 4) is 0 Å². The van der Waals surface area contributed by atoms with Crippen LogP contribution in [0.15, 0.2) is 18.2 Å². The second-order valence-corrected chi connectivity index (χ2v) is 5.54. The van der Waals surface area contributed by atoms with Crippen molar-refractivity contribution in [2.75, 3.05) is 58.2 Å². The van der Waals surface area contributed by atoms with Crippen molar-refractivity contribution in [1.82, 2.24) is 4.90 Å². The molecule has 0 aromatic heterocycles. The molecule has 1 unspecified atom stereocenters. The summed E-state index contributed by atoms with van der Waals surface area (Å²) in [6.07, 6.45) is 1.16. The van der Waals surface area contributed by atoms with Crippen molar-refractivity contribution in [3.63, 3.8) is 0 Å². The Balaban J connectivity index is 2.53. The molecule has 0 amide bonds. The average Bonchev–Trinajstić information content (AvgIpc) is 2.38. The van der Waals surface area contributed by atoms with Gasteiger partial charge in [0, 0.05) is 44.2 Å². The molecule has 0 aliphatic rings. The monoisotopic (exact) mass is 278 g/mol. The number of benzene rings is 1. The van der Waals surface area contributed by atoms with Gasteiger partial charge in [0.05, 0.1) is 6.61 Å². The van der Waals surface area contributed by atoms with E-state index in [1.165, 1.54) is 5.69 Å². The predicted octanol–water partition coefficient (Wildman–Crippen LogP) is 2.32. The van der Waals surface area contributed by atoms with Gasteiger partial charge in [0.25, 0.3) is 0 Å². The normalized spacial score (nSPS) is 12.5. The Morgan fingerprint density at radius 1 is 1.30 bits per heavy atom. The number of hydrogen-bond acceptors (Lipinski definition) is 4. The zero-order valence-corrected chi connectivity index (χ0v) is 13.4. The Bertz CT molecular complexity index is 382. The molecule has 0 fully saturated rings. The van der Waals surface area contributed by atoms with Crippen LogP contribution in [0.25, 0.3) is 0 Å². The summed E-state index contributed by atoms with van der Waals surface area (Å²) in [6, 6.07) is 9.72. The highest BCUT2D eigenvalue weighted by Crippen LogP contribution is 2.18. The van der Waals surface area contributed by atoms with E-state index in [2.05, 4.69) is 61.4 Å². The first-order valence-corrected chi connectivity index (χ1v) is 7.16. The summed E-state index contributed by atoms with van der Waals surface area (Å²) in [4.78, 5) is 4.50. The number of methoxy groups -OCH3 is 1. The van der Waals surface area contributed by atoms with Gasteiger partial charge in [0.2, 0.25) is 0 Å². The van der Waals surface area contributed by atoms with Gasteiger partial charge in [-0.05, 0) is 46.1 Å². The van der Waals surface area contributed by atoms with Crippen LogP contribution >= 0.6 is 0 Å². The van der Waals surface area contributed by atoms with Gasteiger partial charge in [-0.1, -0.05) is 6.07 Å². The topological polar surface area (TPSA) is 27.7 Å². The first kappa shape index (κ1) is 16.8. The lowest BCUT2D eigenvalue weighted by molar-refractivity contribution is 0.190. The molecule has 1 aromatic carbocycles. The van der Waals surface area contributed by atoms with E-state index in [1.54, 1.807) is 7.11 Å². The predicted molar refractivity (Wildman–Crippen MR) is 86.7 cm³/mol. The molecule has 113 valence electrons. The Morgan fingerprint density at radius 3 is 2.70 bits per heavy atom. The van der Waals surface area contributed by atoms with Gasteiger partial charge in [-0.3, -0.25) is 0 Å². The molecular weight excluding hydrogens is 250 g/mol. The molecule has 0 bridgehead atoms. The summed E-state index contributed by atoms with van der Waals surface area (Å²) in [5.74, 6) is 0. The Morgan fingerprint density at radius 2 is 2.05 bits per heavy atom. The lowest BCUT2D eigenvalue weighted by Gasteiger charge is -2.22. The second kappa shape index (κ2) is 8.82. The third kappa shape index (κ3) is 6.26. The first-order chi connectivity index (χ1) is 9.52. The van der Waals surface area contributed by atoms with Crippen LogP contribution in [0.3, 0.4) is 0 Å². The Kier molecular flexibility index (Phi) is 7.41. The molecule has 1 rings (SSSR count). The minimum atomic E-state index is 0.283. The van der Waals surface area contributed by atoms with E-state index in [1.807, 2.05) is 6.07 Å². The van der Waals surface area contributed by atoms with E-state index in [-0.39, 0.29) is 6.04 Å². The molecule has 0 spiro atoms. The summed E-state index contributed by atoms with van der Waals surface area (Å²) >= 11 is 0. The van der Waals surface area contributed by atoms with Crippen molar-refractivity contribution in [2.45, 2.75) is 19.4 Å². The van der Waals surface area contributed by atoms with E-state index >= 15 is 0 Å². The van der Waals surface area contributed by atoms with Gasteiger partial charge in [0.1, 0.15) is 0 Å². The van der Waals surface area contributed by atoms with Gasteiger partial charge in [-0.2, -0.15) is 0 Å². The van der Waals surface area contributed by atoms with Gasteiger partial charge in [-0.25, -0.2) is 0 Å². The Hall–Kier alpha value is -1.26. The molecule has 1 atom stereocenters. The SMILES string of the molecule is COCC(C)Nc1[c]ccc(N(C)CCCN(C)C)c1. The highest BCUT2D eigenvalue weighted by atomic mass is 16.5. The van der Waals surface area contributed by atoms with E-state index < -0.39 is 0 Å². The largest absolute Gasteiger partial charge is 0.383 e. The molecular formula is C16H28N3O. The quantitative estimate of drug-likeness (QED) is 0.750. The molecule has 0 aliphatic heterocycles. The fraction of sp³-hybridized carbons (Fsp3) is 0.625. The molecule has 0 heterocycles. The Labute approximate surface area is 123 Å². The van der Waals surface area contributed by atoms with Crippen LogP contribution in [0.5, 0.6) is 0 Å². The number of rotatable bonds is 9. The van der Waals surface area contributed by atoms with Gasteiger partial charge in [-0.15, -0.1) is 0 Å². The summed E-state index contributed by atoms with van der Waals surface area (Å²) in [5, 5.41) is 3.40. The smallest absolute Gasteiger partial charge is 0.0661 e. The molecule has 1 radical (unpaired) electrons. The van der Waals surface area contributed by atoms with Crippen molar-refractivity contribution in [3.05, 3.63) is 24.3 Å².